The second kappa shape index (κ2) is 7.02. The number of benzene rings is 2. The lowest BCUT2D eigenvalue weighted by Gasteiger charge is -2.10. The van der Waals surface area contributed by atoms with E-state index in [1.54, 1.807) is 12.1 Å². The van der Waals surface area contributed by atoms with Crippen molar-refractivity contribution in [2.24, 2.45) is 0 Å². The molecule has 122 valence electrons. The number of halogens is 1. The molecular weight excluding hydrogens is 338 g/mol. The first kappa shape index (κ1) is 17.3. The first-order valence-corrected chi connectivity index (χ1v) is 8.84. The zero-order valence-electron chi connectivity index (χ0n) is 12.4. The Balaban J connectivity index is 2.27. The van der Waals surface area contributed by atoms with E-state index in [1.807, 2.05) is 6.92 Å². The van der Waals surface area contributed by atoms with Gasteiger partial charge in [0.15, 0.2) is 0 Å². The molecule has 0 amide bonds. The Morgan fingerprint density at radius 2 is 1.83 bits per heavy atom. The average molecular weight is 354 g/mol. The molecule has 0 spiro atoms. The van der Waals surface area contributed by atoms with Crippen molar-refractivity contribution in [2.45, 2.75) is 24.7 Å². The molecule has 23 heavy (non-hydrogen) atoms. The van der Waals surface area contributed by atoms with Crippen LogP contribution in [0.4, 0.5) is 5.69 Å². The van der Waals surface area contributed by atoms with Crippen LogP contribution in [0, 0.1) is 0 Å². The molecule has 0 fully saturated rings. The molecule has 0 radical (unpaired) electrons. The molecular formula is C16H16ClNO4S. The summed E-state index contributed by atoms with van der Waals surface area (Å²) < 4.78 is 27.0. The van der Waals surface area contributed by atoms with Crippen LogP contribution in [0.1, 0.15) is 29.3 Å². The fourth-order valence-electron chi connectivity index (χ4n) is 2.09. The summed E-state index contributed by atoms with van der Waals surface area (Å²) in [4.78, 5) is 11.2. The summed E-state index contributed by atoms with van der Waals surface area (Å²) in [7, 11) is -3.79. The fraction of sp³-hybridized carbons (Fsp3) is 0.188. The van der Waals surface area contributed by atoms with Gasteiger partial charge in [0.2, 0.25) is 0 Å². The molecule has 0 bridgehead atoms. The fourth-order valence-corrected chi connectivity index (χ4v) is 3.34. The smallest absolute Gasteiger partial charge is 0.337 e. The predicted octanol–water partition coefficient (Wildman–Crippen LogP) is 3.79. The summed E-state index contributed by atoms with van der Waals surface area (Å²) in [5.74, 6) is -1.22. The highest BCUT2D eigenvalue weighted by molar-refractivity contribution is 7.92. The van der Waals surface area contributed by atoms with Gasteiger partial charge in [0.05, 0.1) is 15.5 Å². The first-order chi connectivity index (χ1) is 10.8. The number of carboxylic acids is 1. The number of anilines is 1. The first-order valence-electron chi connectivity index (χ1n) is 6.98. The number of aromatic carboxylic acids is 1. The normalized spacial score (nSPS) is 11.2. The number of sulfonamides is 1. The molecule has 0 unspecified atom stereocenters. The summed E-state index contributed by atoms with van der Waals surface area (Å²) in [6.45, 7) is 2.05. The monoisotopic (exact) mass is 353 g/mol. The topological polar surface area (TPSA) is 83.5 Å². The van der Waals surface area contributed by atoms with Gasteiger partial charge in [0, 0.05) is 5.69 Å². The van der Waals surface area contributed by atoms with Crippen LogP contribution in [0.3, 0.4) is 0 Å². The number of rotatable bonds is 6. The van der Waals surface area contributed by atoms with E-state index in [4.69, 9.17) is 16.7 Å². The molecule has 5 nitrogen and oxygen atoms in total. The van der Waals surface area contributed by atoms with Crippen LogP contribution in [-0.2, 0) is 16.4 Å². The number of carbonyl (C=O) groups is 1. The highest BCUT2D eigenvalue weighted by Crippen LogP contribution is 2.23. The largest absolute Gasteiger partial charge is 0.478 e. The van der Waals surface area contributed by atoms with Gasteiger partial charge in [-0.15, -0.1) is 0 Å². The average Bonchev–Trinajstić information content (AvgIpc) is 2.49. The molecule has 7 heteroatoms. The van der Waals surface area contributed by atoms with Crippen LogP contribution in [0.2, 0.25) is 5.02 Å². The molecule has 2 aromatic carbocycles. The van der Waals surface area contributed by atoms with Gasteiger partial charge >= 0.3 is 5.97 Å². The van der Waals surface area contributed by atoms with E-state index in [2.05, 4.69) is 4.72 Å². The molecule has 0 atom stereocenters. The van der Waals surface area contributed by atoms with Gasteiger partial charge in [-0.05, 0) is 42.3 Å². The van der Waals surface area contributed by atoms with Crippen molar-refractivity contribution in [1.82, 2.24) is 0 Å². The van der Waals surface area contributed by atoms with Crippen molar-refractivity contribution in [2.75, 3.05) is 4.72 Å². The molecule has 0 aliphatic carbocycles. The van der Waals surface area contributed by atoms with Crippen molar-refractivity contribution in [3.8, 4) is 0 Å². The minimum atomic E-state index is -3.79. The van der Waals surface area contributed by atoms with Gasteiger partial charge in [-0.3, -0.25) is 4.72 Å². The maximum atomic E-state index is 12.3. The zero-order chi connectivity index (χ0) is 17.0. The molecule has 2 N–H and O–H groups in total. The molecule has 0 aromatic heterocycles. The zero-order valence-corrected chi connectivity index (χ0v) is 14.0. The van der Waals surface area contributed by atoms with E-state index in [0.717, 1.165) is 18.4 Å². The highest BCUT2D eigenvalue weighted by Gasteiger charge is 2.16. The number of hydrogen-bond acceptors (Lipinski definition) is 3. The van der Waals surface area contributed by atoms with Crippen LogP contribution in [0.5, 0.6) is 0 Å². The maximum absolute atomic E-state index is 12.3. The van der Waals surface area contributed by atoms with Crippen LogP contribution in [-0.4, -0.2) is 19.5 Å². The lowest BCUT2D eigenvalue weighted by Crippen LogP contribution is -2.13. The minimum Gasteiger partial charge on any atom is -0.478 e. The summed E-state index contributed by atoms with van der Waals surface area (Å²) in [6, 6.07) is 10.5. The Morgan fingerprint density at radius 3 is 2.39 bits per heavy atom. The Morgan fingerprint density at radius 1 is 1.17 bits per heavy atom. The number of hydrogen-bond donors (Lipinski definition) is 2. The van der Waals surface area contributed by atoms with Crippen LogP contribution >= 0.6 is 11.6 Å². The number of nitrogens with one attached hydrogen (secondary N) is 1. The molecule has 0 saturated heterocycles. The van der Waals surface area contributed by atoms with E-state index >= 15 is 0 Å². The van der Waals surface area contributed by atoms with Crippen LogP contribution in [0.15, 0.2) is 47.4 Å². The van der Waals surface area contributed by atoms with Crippen LogP contribution in [0.25, 0.3) is 0 Å². The predicted molar refractivity (Wildman–Crippen MR) is 89.7 cm³/mol. The van der Waals surface area contributed by atoms with Gasteiger partial charge in [0.25, 0.3) is 10.0 Å². The van der Waals surface area contributed by atoms with Crippen molar-refractivity contribution in [3.63, 3.8) is 0 Å². The summed E-state index contributed by atoms with van der Waals surface area (Å²) in [5.41, 5.74) is 1.04. The standard InChI is InChI=1S/C16H16ClNO4S/c1-2-3-11-4-7-13(8-5-11)23(21,22)18-12-6-9-15(17)14(10-12)16(19)20/h4-10,18H,2-3H2,1H3,(H,19,20). The van der Waals surface area contributed by atoms with E-state index in [0.29, 0.717) is 0 Å². The van der Waals surface area contributed by atoms with Gasteiger partial charge < -0.3 is 5.11 Å². The summed E-state index contributed by atoms with van der Waals surface area (Å²) >= 11 is 5.77. The molecule has 2 aromatic rings. The van der Waals surface area contributed by atoms with Crippen molar-refractivity contribution < 1.29 is 18.3 Å². The van der Waals surface area contributed by atoms with Crippen molar-refractivity contribution >= 4 is 33.3 Å². The van der Waals surface area contributed by atoms with Gasteiger partial charge in [0.1, 0.15) is 0 Å². The van der Waals surface area contributed by atoms with Crippen LogP contribution < -0.4 is 4.72 Å². The third kappa shape index (κ3) is 4.24. The third-order valence-electron chi connectivity index (χ3n) is 3.22. The van der Waals surface area contributed by atoms with Crippen molar-refractivity contribution in [3.05, 3.63) is 58.6 Å². The summed E-state index contributed by atoms with van der Waals surface area (Å²) in [6.07, 6.45) is 1.86. The molecule has 0 saturated carbocycles. The third-order valence-corrected chi connectivity index (χ3v) is 4.95. The molecule has 2 rings (SSSR count). The lowest BCUT2D eigenvalue weighted by atomic mass is 10.1. The second-order valence-electron chi connectivity index (χ2n) is 5.00. The maximum Gasteiger partial charge on any atom is 0.337 e. The minimum absolute atomic E-state index is 0.0457. The number of carboxylic acid groups (broad SMARTS) is 1. The van der Waals surface area contributed by atoms with Crippen molar-refractivity contribution in [1.29, 1.82) is 0 Å². The molecule has 0 aliphatic heterocycles. The van der Waals surface area contributed by atoms with E-state index in [-0.39, 0.29) is 21.2 Å². The quantitative estimate of drug-likeness (QED) is 0.827. The van der Waals surface area contributed by atoms with E-state index in [9.17, 15) is 13.2 Å². The Kier molecular flexibility index (Phi) is 5.28. The van der Waals surface area contributed by atoms with E-state index in [1.165, 1.54) is 30.3 Å². The Bertz CT molecular complexity index is 816. The van der Waals surface area contributed by atoms with Gasteiger partial charge in [-0.25, -0.2) is 13.2 Å². The number of aryl methyl sites for hydroxylation is 1. The molecule has 0 aliphatic rings. The lowest BCUT2D eigenvalue weighted by molar-refractivity contribution is 0.0697. The highest BCUT2D eigenvalue weighted by atomic mass is 35.5. The SMILES string of the molecule is CCCc1ccc(S(=O)(=O)Nc2ccc(Cl)c(C(=O)O)c2)cc1. The summed E-state index contributed by atoms with van der Waals surface area (Å²) in [5, 5.41) is 9.07. The van der Waals surface area contributed by atoms with Gasteiger partial charge in [-0.2, -0.15) is 0 Å². The van der Waals surface area contributed by atoms with Gasteiger partial charge in [-0.1, -0.05) is 37.1 Å². The van der Waals surface area contributed by atoms with E-state index < -0.39 is 16.0 Å². The second-order valence-corrected chi connectivity index (χ2v) is 7.09. The Labute approximate surface area is 140 Å². The Hall–Kier alpha value is -2.05. The molecule has 0 heterocycles.